The summed E-state index contributed by atoms with van der Waals surface area (Å²) in [5.41, 5.74) is 1.61. The second kappa shape index (κ2) is 7.71. The van der Waals surface area contributed by atoms with Crippen LogP contribution in [-0.2, 0) is 10.0 Å². The Kier molecular flexibility index (Phi) is 6.21. The summed E-state index contributed by atoms with van der Waals surface area (Å²) in [6, 6.07) is 10.5. The zero-order valence-electron chi connectivity index (χ0n) is 13.1. The largest absolute Gasteiger partial charge is 0.478 e. The van der Waals surface area contributed by atoms with Crippen molar-refractivity contribution in [1.29, 1.82) is 0 Å². The average molecular weight is 351 g/mol. The van der Waals surface area contributed by atoms with Crippen molar-refractivity contribution in [3.05, 3.63) is 64.7 Å². The van der Waals surface area contributed by atoms with Gasteiger partial charge in [0.2, 0.25) is 10.0 Å². The number of primary sulfonamides is 1. The molecule has 8 heteroatoms. The Morgan fingerprint density at radius 3 is 1.75 bits per heavy atom. The topological polar surface area (TPSA) is 135 Å². The van der Waals surface area contributed by atoms with Gasteiger partial charge in [-0.2, -0.15) is 0 Å². The molecule has 0 aliphatic carbocycles. The molecule has 4 N–H and O–H groups in total. The molecule has 0 bridgehead atoms. The van der Waals surface area contributed by atoms with Gasteiger partial charge < -0.3 is 10.2 Å². The molecule has 24 heavy (non-hydrogen) atoms. The van der Waals surface area contributed by atoms with Gasteiger partial charge in [0.25, 0.3) is 0 Å². The molecule has 0 atom stereocenters. The number of aryl methyl sites for hydroxylation is 2. The fraction of sp³-hybridized carbons (Fsp3) is 0.125. The molecule has 0 aromatic heterocycles. The van der Waals surface area contributed by atoms with Crippen molar-refractivity contribution in [2.75, 3.05) is 0 Å². The van der Waals surface area contributed by atoms with Crippen LogP contribution in [-0.4, -0.2) is 30.6 Å². The molecule has 0 saturated carbocycles. The van der Waals surface area contributed by atoms with Crippen molar-refractivity contribution < 1.29 is 28.2 Å². The molecule has 2 rings (SSSR count). The quantitative estimate of drug-likeness (QED) is 0.774. The highest BCUT2D eigenvalue weighted by Crippen LogP contribution is 2.14. The number of sulfonamides is 1. The first-order valence-electron chi connectivity index (χ1n) is 6.69. The minimum absolute atomic E-state index is 0.0670. The number of carboxylic acid groups (broad SMARTS) is 2. The number of hydrogen-bond donors (Lipinski definition) is 3. The van der Waals surface area contributed by atoms with Crippen molar-refractivity contribution in [3.63, 3.8) is 0 Å². The highest BCUT2D eigenvalue weighted by atomic mass is 32.2. The second-order valence-corrected chi connectivity index (χ2v) is 6.51. The van der Waals surface area contributed by atoms with Gasteiger partial charge in [0.05, 0.1) is 16.0 Å². The number of nitrogens with two attached hydrogens (primary N) is 1. The van der Waals surface area contributed by atoms with E-state index >= 15 is 0 Å². The molecule has 0 spiro atoms. The standard InChI is InChI=1S/C8H9NO4S.C8H8O2/c1-5-4-6(14(9,12)13)2-3-7(5)8(10)11;1-6-4-2-3-5-7(6)8(9)10/h2-4H,1H3,(H,10,11)(H2,9,12,13);2-5H,1H3,(H,9,10). The molecule has 0 unspecified atom stereocenters. The molecule has 0 aliphatic heterocycles. The second-order valence-electron chi connectivity index (χ2n) is 4.95. The first kappa shape index (κ1) is 19.3. The zero-order chi connectivity index (χ0) is 18.5. The Balaban J connectivity index is 0.000000254. The van der Waals surface area contributed by atoms with Gasteiger partial charge in [-0.1, -0.05) is 18.2 Å². The fourth-order valence-electron chi connectivity index (χ4n) is 1.87. The summed E-state index contributed by atoms with van der Waals surface area (Å²) >= 11 is 0. The Labute approximate surface area is 139 Å². The third-order valence-corrected chi connectivity index (χ3v) is 4.04. The Morgan fingerprint density at radius 2 is 1.38 bits per heavy atom. The van der Waals surface area contributed by atoms with Crippen LogP contribution in [0.2, 0.25) is 0 Å². The van der Waals surface area contributed by atoms with Crippen LogP contribution in [0.4, 0.5) is 0 Å². The van der Waals surface area contributed by atoms with E-state index in [1.807, 2.05) is 6.07 Å². The number of benzene rings is 2. The molecule has 0 fully saturated rings. The molecule has 2 aromatic rings. The third-order valence-electron chi connectivity index (χ3n) is 3.13. The fourth-order valence-corrected chi connectivity index (χ4v) is 2.46. The number of carboxylic acids is 2. The number of aromatic carboxylic acids is 2. The Bertz CT molecular complexity index is 874. The first-order chi connectivity index (χ1) is 11.0. The predicted octanol–water partition coefficient (Wildman–Crippen LogP) is 2.03. The van der Waals surface area contributed by atoms with Crippen LogP contribution in [0, 0.1) is 13.8 Å². The average Bonchev–Trinajstić information content (AvgIpc) is 2.46. The molecule has 128 valence electrons. The van der Waals surface area contributed by atoms with E-state index in [0.717, 1.165) is 5.56 Å². The van der Waals surface area contributed by atoms with E-state index in [1.165, 1.54) is 25.1 Å². The van der Waals surface area contributed by atoms with Gasteiger partial charge in [0, 0.05) is 0 Å². The lowest BCUT2D eigenvalue weighted by Crippen LogP contribution is -2.13. The van der Waals surface area contributed by atoms with Gasteiger partial charge in [-0.3, -0.25) is 0 Å². The highest BCUT2D eigenvalue weighted by Gasteiger charge is 2.12. The minimum atomic E-state index is -3.76. The van der Waals surface area contributed by atoms with Crippen LogP contribution in [0.3, 0.4) is 0 Å². The summed E-state index contributed by atoms with van der Waals surface area (Å²) in [5.74, 6) is -1.96. The van der Waals surface area contributed by atoms with Gasteiger partial charge in [-0.05, 0) is 49.2 Å². The third kappa shape index (κ3) is 5.18. The lowest BCUT2D eigenvalue weighted by atomic mass is 10.1. The Morgan fingerprint density at radius 1 is 0.875 bits per heavy atom. The summed E-state index contributed by atoms with van der Waals surface area (Å²) in [6.45, 7) is 3.29. The molecule has 2 aromatic carbocycles. The van der Waals surface area contributed by atoms with E-state index in [9.17, 15) is 18.0 Å². The van der Waals surface area contributed by atoms with E-state index in [4.69, 9.17) is 15.4 Å². The summed E-state index contributed by atoms with van der Waals surface area (Å²) in [7, 11) is -3.76. The van der Waals surface area contributed by atoms with E-state index in [1.54, 1.807) is 25.1 Å². The van der Waals surface area contributed by atoms with Crippen molar-refractivity contribution >= 4 is 22.0 Å². The molecule has 0 heterocycles. The van der Waals surface area contributed by atoms with Crippen molar-refractivity contribution in [2.45, 2.75) is 18.7 Å². The minimum Gasteiger partial charge on any atom is -0.478 e. The maximum atomic E-state index is 10.9. The summed E-state index contributed by atoms with van der Waals surface area (Å²) in [6.07, 6.45) is 0. The van der Waals surface area contributed by atoms with E-state index in [2.05, 4.69) is 0 Å². The number of hydrogen-bond acceptors (Lipinski definition) is 4. The monoisotopic (exact) mass is 351 g/mol. The van der Waals surface area contributed by atoms with E-state index < -0.39 is 22.0 Å². The highest BCUT2D eigenvalue weighted by molar-refractivity contribution is 7.89. The van der Waals surface area contributed by atoms with Crippen LogP contribution in [0.25, 0.3) is 0 Å². The predicted molar refractivity (Wildman–Crippen MR) is 87.6 cm³/mol. The molecule has 0 saturated heterocycles. The molecule has 7 nitrogen and oxygen atoms in total. The molecular formula is C16H17NO6S. The zero-order valence-corrected chi connectivity index (χ0v) is 13.9. The lowest BCUT2D eigenvalue weighted by molar-refractivity contribution is 0.0685. The SMILES string of the molecule is Cc1cc(S(N)(=O)=O)ccc1C(=O)O.Cc1ccccc1C(=O)O. The van der Waals surface area contributed by atoms with Gasteiger partial charge in [0.1, 0.15) is 0 Å². The van der Waals surface area contributed by atoms with Crippen LogP contribution in [0.1, 0.15) is 31.8 Å². The maximum Gasteiger partial charge on any atom is 0.335 e. The lowest BCUT2D eigenvalue weighted by Gasteiger charge is -2.02. The van der Waals surface area contributed by atoms with E-state index in [0.29, 0.717) is 11.1 Å². The van der Waals surface area contributed by atoms with Gasteiger partial charge in [-0.15, -0.1) is 0 Å². The van der Waals surface area contributed by atoms with Crippen molar-refractivity contribution in [1.82, 2.24) is 0 Å². The van der Waals surface area contributed by atoms with Crippen molar-refractivity contribution in [3.8, 4) is 0 Å². The molecule has 0 aliphatic rings. The van der Waals surface area contributed by atoms with Crippen LogP contribution >= 0.6 is 0 Å². The number of rotatable bonds is 3. The smallest absolute Gasteiger partial charge is 0.335 e. The maximum absolute atomic E-state index is 10.9. The molecular weight excluding hydrogens is 334 g/mol. The molecule has 0 radical (unpaired) electrons. The van der Waals surface area contributed by atoms with Crippen LogP contribution < -0.4 is 5.14 Å². The van der Waals surface area contributed by atoms with Crippen LogP contribution in [0.5, 0.6) is 0 Å². The van der Waals surface area contributed by atoms with Gasteiger partial charge >= 0.3 is 11.9 Å². The summed E-state index contributed by atoms with van der Waals surface area (Å²) in [5, 5.41) is 22.1. The normalized spacial score (nSPS) is 10.5. The van der Waals surface area contributed by atoms with Gasteiger partial charge in [0.15, 0.2) is 0 Å². The van der Waals surface area contributed by atoms with Crippen LogP contribution in [0.15, 0.2) is 47.4 Å². The Hall–Kier alpha value is -2.71. The summed E-state index contributed by atoms with van der Waals surface area (Å²) in [4.78, 5) is 20.9. The first-order valence-corrected chi connectivity index (χ1v) is 8.24. The number of carbonyl (C=O) groups is 2. The van der Waals surface area contributed by atoms with Crippen molar-refractivity contribution in [2.24, 2.45) is 5.14 Å². The molecule has 0 amide bonds. The van der Waals surface area contributed by atoms with E-state index in [-0.39, 0.29) is 10.5 Å². The van der Waals surface area contributed by atoms with Gasteiger partial charge in [-0.25, -0.2) is 23.1 Å². The summed E-state index contributed by atoms with van der Waals surface area (Å²) < 4.78 is 21.8.